The highest BCUT2D eigenvalue weighted by molar-refractivity contribution is 9.09. The first-order valence-corrected chi connectivity index (χ1v) is 4.83. The van der Waals surface area contributed by atoms with Gasteiger partial charge in [-0.2, -0.15) is 0 Å². The molecule has 0 aromatic carbocycles. The molecule has 0 bridgehead atoms. The monoisotopic (exact) mass is 258 g/mol. The summed E-state index contributed by atoms with van der Waals surface area (Å²) < 4.78 is 4.72. The number of ether oxygens (including phenoxy) is 1. The van der Waals surface area contributed by atoms with E-state index < -0.39 is 0 Å². The molecule has 0 N–H and O–H groups in total. The van der Waals surface area contributed by atoms with Crippen molar-refractivity contribution in [3.8, 4) is 0 Å². The first-order chi connectivity index (χ1) is 4.31. The standard InChI is InChI=1S/C5H8Br2O2/c6-2-1-5(8)9-4-3-7/h1-4H2. The summed E-state index contributed by atoms with van der Waals surface area (Å²) in [5.41, 5.74) is 0. The second-order valence-corrected chi connectivity index (χ2v) is 2.93. The Morgan fingerprint density at radius 1 is 1.33 bits per heavy atom. The molecule has 0 aliphatic rings. The van der Waals surface area contributed by atoms with Gasteiger partial charge in [0, 0.05) is 10.7 Å². The first kappa shape index (κ1) is 9.43. The minimum absolute atomic E-state index is 0.147. The fraction of sp³-hybridized carbons (Fsp3) is 0.800. The summed E-state index contributed by atoms with van der Waals surface area (Å²) in [5.74, 6) is -0.147. The van der Waals surface area contributed by atoms with Crippen molar-refractivity contribution in [2.45, 2.75) is 6.42 Å². The van der Waals surface area contributed by atoms with Gasteiger partial charge in [-0.1, -0.05) is 31.9 Å². The van der Waals surface area contributed by atoms with Crippen molar-refractivity contribution < 1.29 is 9.53 Å². The predicted molar refractivity (Wildman–Crippen MR) is 43.2 cm³/mol. The third-order valence-corrected chi connectivity index (χ3v) is 1.36. The summed E-state index contributed by atoms with van der Waals surface area (Å²) in [5, 5.41) is 1.38. The molecule has 0 heterocycles. The lowest BCUT2D eigenvalue weighted by Gasteiger charge is -1.98. The molecule has 0 aliphatic heterocycles. The van der Waals surface area contributed by atoms with Gasteiger partial charge in [-0.3, -0.25) is 4.79 Å². The van der Waals surface area contributed by atoms with E-state index >= 15 is 0 Å². The Labute approximate surface area is 71.2 Å². The molecule has 9 heavy (non-hydrogen) atoms. The van der Waals surface area contributed by atoms with E-state index in [0.29, 0.717) is 23.7 Å². The number of alkyl halides is 2. The lowest BCUT2D eigenvalue weighted by atomic mass is 10.5. The Hall–Kier alpha value is 0.430. The molecular weight excluding hydrogens is 252 g/mol. The minimum atomic E-state index is -0.147. The highest BCUT2D eigenvalue weighted by atomic mass is 79.9. The second kappa shape index (κ2) is 6.55. The van der Waals surface area contributed by atoms with E-state index in [-0.39, 0.29) is 5.97 Å². The molecular formula is C5H8Br2O2. The summed E-state index contributed by atoms with van der Waals surface area (Å²) in [6.07, 6.45) is 0.451. The number of halogens is 2. The lowest BCUT2D eigenvalue weighted by Crippen LogP contribution is -2.06. The van der Waals surface area contributed by atoms with Gasteiger partial charge in [0.15, 0.2) is 0 Å². The smallest absolute Gasteiger partial charge is 0.306 e. The molecule has 0 saturated carbocycles. The topological polar surface area (TPSA) is 26.3 Å². The summed E-state index contributed by atoms with van der Waals surface area (Å²) in [6.45, 7) is 0.464. The van der Waals surface area contributed by atoms with E-state index in [1.165, 1.54) is 0 Å². The number of esters is 1. The average molecular weight is 260 g/mol. The highest BCUT2D eigenvalue weighted by Crippen LogP contribution is 1.91. The Balaban J connectivity index is 3.06. The quantitative estimate of drug-likeness (QED) is 0.568. The van der Waals surface area contributed by atoms with E-state index in [2.05, 4.69) is 31.9 Å². The summed E-state index contributed by atoms with van der Waals surface area (Å²) in [6, 6.07) is 0. The van der Waals surface area contributed by atoms with E-state index in [0.717, 1.165) is 0 Å². The molecule has 0 atom stereocenters. The molecule has 4 heteroatoms. The van der Waals surface area contributed by atoms with Gasteiger partial charge in [-0.15, -0.1) is 0 Å². The molecule has 0 aromatic heterocycles. The number of carbonyl (C=O) groups excluding carboxylic acids is 1. The van der Waals surface area contributed by atoms with Crippen LogP contribution in [0.1, 0.15) is 6.42 Å². The zero-order valence-corrected chi connectivity index (χ0v) is 8.07. The van der Waals surface area contributed by atoms with Crippen LogP contribution >= 0.6 is 31.9 Å². The fourth-order valence-electron chi connectivity index (χ4n) is 0.302. The largest absolute Gasteiger partial charge is 0.465 e. The maximum Gasteiger partial charge on any atom is 0.306 e. The van der Waals surface area contributed by atoms with Gasteiger partial charge in [0.25, 0.3) is 0 Å². The van der Waals surface area contributed by atoms with Gasteiger partial charge < -0.3 is 4.74 Å². The first-order valence-electron chi connectivity index (χ1n) is 2.58. The van der Waals surface area contributed by atoms with E-state index in [1.807, 2.05) is 0 Å². The predicted octanol–water partition coefficient (Wildman–Crippen LogP) is 1.71. The van der Waals surface area contributed by atoms with Crippen LogP contribution in [-0.4, -0.2) is 23.2 Å². The van der Waals surface area contributed by atoms with Gasteiger partial charge in [-0.25, -0.2) is 0 Å². The van der Waals surface area contributed by atoms with Gasteiger partial charge in [0.05, 0.1) is 6.42 Å². The van der Waals surface area contributed by atoms with Crippen LogP contribution < -0.4 is 0 Å². The molecule has 0 rings (SSSR count). The Morgan fingerprint density at radius 3 is 2.44 bits per heavy atom. The number of hydrogen-bond acceptors (Lipinski definition) is 2. The fourth-order valence-corrected chi connectivity index (χ4v) is 0.787. The molecule has 0 fully saturated rings. The van der Waals surface area contributed by atoms with Gasteiger partial charge in [0.2, 0.25) is 0 Å². The van der Waals surface area contributed by atoms with E-state index in [1.54, 1.807) is 0 Å². The van der Waals surface area contributed by atoms with Crippen LogP contribution in [-0.2, 0) is 9.53 Å². The van der Waals surface area contributed by atoms with Crippen molar-refractivity contribution in [2.24, 2.45) is 0 Å². The van der Waals surface area contributed by atoms with E-state index in [9.17, 15) is 4.79 Å². The van der Waals surface area contributed by atoms with Crippen LogP contribution in [0.5, 0.6) is 0 Å². The number of carbonyl (C=O) groups is 1. The molecule has 2 nitrogen and oxygen atoms in total. The highest BCUT2D eigenvalue weighted by Gasteiger charge is 1.97. The second-order valence-electron chi connectivity index (χ2n) is 1.35. The Morgan fingerprint density at radius 2 is 2.00 bits per heavy atom. The van der Waals surface area contributed by atoms with Crippen LogP contribution in [0.3, 0.4) is 0 Å². The molecule has 54 valence electrons. The molecule has 0 amide bonds. The minimum Gasteiger partial charge on any atom is -0.465 e. The summed E-state index contributed by atoms with van der Waals surface area (Å²) in [7, 11) is 0. The van der Waals surface area contributed by atoms with Crippen molar-refractivity contribution in [1.29, 1.82) is 0 Å². The van der Waals surface area contributed by atoms with Crippen molar-refractivity contribution in [3.63, 3.8) is 0 Å². The molecule has 0 unspecified atom stereocenters. The van der Waals surface area contributed by atoms with Crippen molar-refractivity contribution in [2.75, 3.05) is 17.3 Å². The molecule has 0 aromatic rings. The van der Waals surface area contributed by atoms with Gasteiger partial charge in [-0.05, 0) is 0 Å². The molecule has 0 radical (unpaired) electrons. The molecule has 0 saturated heterocycles. The average Bonchev–Trinajstić information content (AvgIpc) is 1.85. The summed E-state index contributed by atoms with van der Waals surface area (Å²) in [4.78, 5) is 10.5. The third-order valence-electron chi connectivity index (χ3n) is 0.639. The maximum absolute atomic E-state index is 10.5. The number of hydrogen-bond donors (Lipinski definition) is 0. The molecule has 0 aliphatic carbocycles. The molecule has 0 spiro atoms. The normalized spacial score (nSPS) is 9.11. The van der Waals surface area contributed by atoms with Crippen LogP contribution in [0.4, 0.5) is 0 Å². The Kier molecular flexibility index (Phi) is 6.86. The van der Waals surface area contributed by atoms with Crippen molar-refractivity contribution in [3.05, 3.63) is 0 Å². The van der Waals surface area contributed by atoms with E-state index in [4.69, 9.17) is 4.74 Å². The SMILES string of the molecule is O=C(CCBr)OCCBr. The van der Waals surface area contributed by atoms with Crippen LogP contribution in [0, 0.1) is 0 Å². The van der Waals surface area contributed by atoms with Gasteiger partial charge >= 0.3 is 5.97 Å². The van der Waals surface area contributed by atoms with Crippen LogP contribution in [0.25, 0.3) is 0 Å². The zero-order chi connectivity index (χ0) is 7.11. The van der Waals surface area contributed by atoms with Crippen LogP contribution in [0.2, 0.25) is 0 Å². The number of rotatable bonds is 4. The summed E-state index contributed by atoms with van der Waals surface area (Å²) >= 11 is 6.27. The van der Waals surface area contributed by atoms with Crippen molar-refractivity contribution >= 4 is 37.8 Å². The zero-order valence-electron chi connectivity index (χ0n) is 4.90. The van der Waals surface area contributed by atoms with Crippen molar-refractivity contribution in [1.82, 2.24) is 0 Å². The maximum atomic E-state index is 10.5. The third kappa shape index (κ3) is 6.31. The Bertz CT molecular complexity index is 85.0. The van der Waals surface area contributed by atoms with Gasteiger partial charge in [0.1, 0.15) is 6.61 Å². The van der Waals surface area contributed by atoms with Crippen LogP contribution in [0.15, 0.2) is 0 Å². The lowest BCUT2D eigenvalue weighted by molar-refractivity contribution is -0.142.